The number of carbonyl (C=O) groups excluding carboxylic acids is 2. The third kappa shape index (κ3) is 3.89. The van der Waals surface area contributed by atoms with Crippen molar-refractivity contribution in [1.82, 2.24) is 20.1 Å². The Morgan fingerprint density at radius 2 is 1.85 bits per heavy atom. The van der Waals surface area contributed by atoms with Gasteiger partial charge in [0.15, 0.2) is 0 Å². The highest BCUT2D eigenvalue weighted by atomic mass is 32.2. The molecule has 2 N–H and O–H groups in total. The number of hydrazine groups is 1. The lowest BCUT2D eigenvalue weighted by Crippen LogP contribution is -2.55. The van der Waals surface area contributed by atoms with Crippen molar-refractivity contribution in [1.29, 1.82) is 0 Å². The zero-order valence-electron chi connectivity index (χ0n) is 14.0. The molecule has 3 rings (SSSR count). The first kappa shape index (κ1) is 18.0. The SMILES string of the molecule is CS(=O)(=O)N1Cc2ccccc2C[C@H]1C(=O)NNC(=O)c1cccnc1. The molecule has 26 heavy (non-hydrogen) atoms. The number of hydrogen-bond donors (Lipinski definition) is 2. The van der Waals surface area contributed by atoms with Crippen molar-refractivity contribution < 1.29 is 18.0 Å². The Labute approximate surface area is 151 Å². The predicted molar refractivity (Wildman–Crippen MR) is 94.2 cm³/mol. The smallest absolute Gasteiger partial charge is 0.271 e. The molecule has 0 saturated carbocycles. The van der Waals surface area contributed by atoms with Crippen molar-refractivity contribution in [3.05, 3.63) is 65.5 Å². The normalized spacial score (nSPS) is 17.2. The molecule has 0 bridgehead atoms. The zero-order chi connectivity index (χ0) is 18.7. The third-order valence-corrected chi connectivity index (χ3v) is 5.39. The second-order valence-electron chi connectivity index (χ2n) is 5.98. The first-order valence-electron chi connectivity index (χ1n) is 7.90. The van der Waals surface area contributed by atoms with Crippen molar-refractivity contribution in [2.24, 2.45) is 0 Å². The number of aromatic nitrogens is 1. The highest BCUT2D eigenvalue weighted by Crippen LogP contribution is 2.25. The van der Waals surface area contributed by atoms with Crippen LogP contribution in [-0.2, 0) is 27.8 Å². The lowest BCUT2D eigenvalue weighted by atomic mass is 9.95. The average molecular weight is 374 g/mol. The summed E-state index contributed by atoms with van der Waals surface area (Å²) in [5.74, 6) is -1.13. The van der Waals surface area contributed by atoms with Gasteiger partial charge in [-0.1, -0.05) is 24.3 Å². The van der Waals surface area contributed by atoms with Gasteiger partial charge in [0.05, 0.1) is 11.8 Å². The van der Waals surface area contributed by atoms with Gasteiger partial charge >= 0.3 is 0 Å². The third-order valence-electron chi connectivity index (χ3n) is 4.16. The van der Waals surface area contributed by atoms with Gasteiger partial charge in [0.25, 0.3) is 11.8 Å². The van der Waals surface area contributed by atoms with E-state index >= 15 is 0 Å². The van der Waals surface area contributed by atoms with Crippen LogP contribution in [0.4, 0.5) is 0 Å². The van der Waals surface area contributed by atoms with E-state index in [0.717, 1.165) is 21.7 Å². The molecule has 8 nitrogen and oxygen atoms in total. The summed E-state index contributed by atoms with van der Waals surface area (Å²) in [7, 11) is -3.60. The standard InChI is InChI=1S/C17H18N4O4S/c1-26(24,25)21-11-14-6-3-2-5-12(14)9-15(21)17(23)20-19-16(22)13-7-4-8-18-10-13/h2-8,10,15H,9,11H2,1H3,(H,19,22)(H,20,23)/t15-/m0/s1. The van der Waals surface area contributed by atoms with Crippen LogP contribution in [0.3, 0.4) is 0 Å². The number of amides is 2. The molecule has 2 aromatic rings. The number of rotatable bonds is 3. The summed E-state index contributed by atoms with van der Waals surface area (Å²) in [6.07, 6.45) is 4.19. The molecule has 0 fully saturated rings. The summed E-state index contributed by atoms with van der Waals surface area (Å²) in [5, 5.41) is 0. The van der Waals surface area contributed by atoms with Crippen molar-refractivity contribution >= 4 is 21.8 Å². The Morgan fingerprint density at radius 3 is 2.50 bits per heavy atom. The molecule has 0 unspecified atom stereocenters. The minimum Gasteiger partial charge on any atom is -0.271 e. The van der Waals surface area contributed by atoms with E-state index in [0.29, 0.717) is 0 Å². The highest BCUT2D eigenvalue weighted by Gasteiger charge is 2.36. The first-order chi connectivity index (χ1) is 12.4. The van der Waals surface area contributed by atoms with E-state index in [1.807, 2.05) is 24.3 Å². The van der Waals surface area contributed by atoms with E-state index in [1.165, 1.54) is 12.4 Å². The van der Waals surface area contributed by atoms with Crippen LogP contribution in [0.15, 0.2) is 48.8 Å². The molecular weight excluding hydrogens is 356 g/mol. The van der Waals surface area contributed by atoms with Crippen molar-refractivity contribution in [2.75, 3.05) is 6.26 Å². The Balaban J connectivity index is 1.75. The molecule has 1 aromatic heterocycles. The highest BCUT2D eigenvalue weighted by molar-refractivity contribution is 7.88. The molecule has 1 aliphatic rings. The zero-order valence-corrected chi connectivity index (χ0v) is 14.9. The van der Waals surface area contributed by atoms with Crippen molar-refractivity contribution in [3.8, 4) is 0 Å². The molecular formula is C17H18N4O4S. The van der Waals surface area contributed by atoms with Gasteiger partial charge in [0.2, 0.25) is 10.0 Å². The summed E-state index contributed by atoms with van der Waals surface area (Å²) < 4.78 is 25.4. The Kier molecular flexibility index (Phi) is 5.01. The number of hydrogen-bond acceptors (Lipinski definition) is 5. The number of pyridine rings is 1. The van der Waals surface area contributed by atoms with Gasteiger partial charge in [-0.25, -0.2) is 8.42 Å². The number of nitrogens with zero attached hydrogens (tertiary/aromatic N) is 2. The Bertz CT molecular complexity index is 931. The monoisotopic (exact) mass is 374 g/mol. The lowest BCUT2D eigenvalue weighted by molar-refractivity contribution is -0.126. The van der Waals surface area contributed by atoms with E-state index in [2.05, 4.69) is 15.8 Å². The molecule has 0 radical (unpaired) electrons. The Hall–Kier alpha value is -2.78. The van der Waals surface area contributed by atoms with Gasteiger partial charge in [0.1, 0.15) is 6.04 Å². The van der Waals surface area contributed by atoms with Crippen LogP contribution in [0.1, 0.15) is 21.5 Å². The van der Waals surface area contributed by atoms with E-state index in [9.17, 15) is 18.0 Å². The minimum atomic E-state index is -3.60. The molecule has 1 aromatic carbocycles. The first-order valence-corrected chi connectivity index (χ1v) is 9.75. The van der Waals surface area contributed by atoms with E-state index in [1.54, 1.807) is 12.1 Å². The van der Waals surface area contributed by atoms with Gasteiger partial charge in [-0.15, -0.1) is 0 Å². The predicted octanol–water partition coefficient (Wildman–Crippen LogP) is 0.229. The molecule has 2 heterocycles. The topological polar surface area (TPSA) is 108 Å². The van der Waals surface area contributed by atoms with Crippen LogP contribution >= 0.6 is 0 Å². The second kappa shape index (κ2) is 7.22. The summed E-state index contributed by atoms with van der Waals surface area (Å²) >= 11 is 0. The van der Waals surface area contributed by atoms with E-state index in [-0.39, 0.29) is 18.5 Å². The molecule has 1 aliphatic heterocycles. The minimum absolute atomic E-state index is 0.115. The van der Waals surface area contributed by atoms with Gasteiger partial charge < -0.3 is 0 Å². The molecule has 0 spiro atoms. The average Bonchev–Trinajstić information content (AvgIpc) is 2.64. The van der Waals surface area contributed by atoms with Crippen LogP contribution in [0.2, 0.25) is 0 Å². The second-order valence-corrected chi connectivity index (χ2v) is 7.92. The van der Waals surface area contributed by atoms with Crippen molar-refractivity contribution in [3.63, 3.8) is 0 Å². The van der Waals surface area contributed by atoms with Crippen LogP contribution in [0.5, 0.6) is 0 Å². The summed E-state index contributed by atoms with van der Waals surface area (Å²) in [6.45, 7) is 0.115. The van der Waals surface area contributed by atoms with Crippen LogP contribution in [0, 0.1) is 0 Å². The molecule has 136 valence electrons. The fourth-order valence-electron chi connectivity index (χ4n) is 2.84. The number of nitrogens with one attached hydrogen (secondary N) is 2. The summed E-state index contributed by atoms with van der Waals surface area (Å²) in [6, 6.07) is 9.58. The van der Waals surface area contributed by atoms with Crippen LogP contribution in [-0.4, -0.2) is 41.8 Å². The summed E-state index contributed by atoms with van der Waals surface area (Å²) in [5.41, 5.74) is 6.65. The maximum absolute atomic E-state index is 12.6. The molecule has 1 atom stereocenters. The van der Waals surface area contributed by atoms with Crippen LogP contribution < -0.4 is 10.9 Å². The maximum atomic E-state index is 12.6. The molecule has 0 saturated heterocycles. The van der Waals surface area contributed by atoms with Gasteiger partial charge in [-0.3, -0.25) is 25.4 Å². The largest absolute Gasteiger partial charge is 0.271 e. The fourth-order valence-corrected chi connectivity index (χ4v) is 3.85. The number of benzene rings is 1. The fraction of sp³-hybridized carbons (Fsp3) is 0.235. The number of fused-ring (bicyclic) bond motifs is 1. The Morgan fingerprint density at radius 1 is 1.12 bits per heavy atom. The lowest BCUT2D eigenvalue weighted by Gasteiger charge is -2.34. The van der Waals surface area contributed by atoms with Gasteiger partial charge in [-0.2, -0.15) is 4.31 Å². The van der Waals surface area contributed by atoms with Crippen molar-refractivity contribution in [2.45, 2.75) is 19.0 Å². The van der Waals surface area contributed by atoms with E-state index < -0.39 is 27.9 Å². The molecule has 2 amide bonds. The van der Waals surface area contributed by atoms with Crippen LogP contribution in [0.25, 0.3) is 0 Å². The van der Waals surface area contributed by atoms with Gasteiger partial charge in [-0.05, 0) is 29.7 Å². The van der Waals surface area contributed by atoms with Gasteiger partial charge in [0, 0.05) is 18.9 Å². The number of sulfonamides is 1. The molecule has 0 aliphatic carbocycles. The maximum Gasteiger partial charge on any atom is 0.271 e. The quantitative estimate of drug-likeness (QED) is 0.748. The number of carbonyl (C=O) groups is 2. The molecule has 9 heteroatoms. The summed E-state index contributed by atoms with van der Waals surface area (Å²) in [4.78, 5) is 28.4. The van der Waals surface area contributed by atoms with E-state index in [4.69, 9.17) is 0 Å².